The van der Waals surface area contributed by atoms with Crippen molar-refractivity contribution in [3.05, 3.63) is 131 Å². The molecule has 8 rings (SSSR count). The third-order valence-electron chi connectivity index (χ3n) is 14.7. The van der Waals surface area contributed by atoms with Crippen LogP contribution in [-0.2, 0) is 20.3 Å². The Morgan fingerprint density at radius 3 is 1.67 bits per heavy atom. The molecule has 0 spiro atoms. The van der Waals surface area contributed by atoms with Crippen molar-refractivity contribution in [1.29, 1.82) is 0 Å². The molecule has 3 aromatic carbocycles. The van der Waals surface area contributed by atoms with Gasteiger partial charge in [0.25, 0.3) is 11.8 Å². The van der Waals surface area contributed by atoms with Gasteiger partial charge in [-0.3, -0.25) is 14.5 Å². The highest BCUT2D eigenvalue weighted by Crippen LogP contribution is 2.56. The number of amides is 2. The van der Waals surface area contributed by atoms with Gasteiger partial charge in [-0.25, -0.2) is 0 Å². The SMILES string of the molecule is CC1(C)c2cc(C(=O)NCCSSCCNC(=O)c3ccc4c(c3)C(C)(C)C3(/C=C/c5ccc(N(CCO)CCO)cc5)OCCN43)ccc2N2CCOC21/C=C/C1=CCC(N(CCO)CCO)C=C1. The number of hydrogen-bond acceptors (Lipinski definition) is 14. The summed E-state index contributed by atoms with van der Waals surface area (Å²) in [5.41, 5.74) is 6.23. The maximum absolute atomic E-state index is 13.4. The normalized spacial score (nSPS) is 22.7. The summed E-state index contributed by atoms with van der Waals surface area (Å²) in [6.07, 6.45) is 15.7. The summed E-state index contributed by atoms with van der Waals surface area (Å²) in [5, 5.41) is 44.1. The highest BCUT2D eigenvalue weighted by atomic mass is 33.1. The van der Waals surface area contributed by atoms with E-state index in [1.54, 1.807) is 21.6 Å². The summed E-state index contributed by atoms with van der Waals surface area (Å²) in [6, 6.07) is 20.1. The Labute approximate surface area is 420 Å². The lowest BCUT2D eigenvalue weighted by Crippen LogP contribution is -2.51. The molecule has 2 fully saturated rings. The smallest absolute Gasteiger partial charge is 0.251 e. The standard InChI is InChI=1S/C54H70N6O8S2/c1-51(2)45-37-41(9-15-47(45)59-27-33-67-53(51,59)19-17-39-5-11-43(12-6-39)57(23-29-61)24-30-62)49(65)55-21-35-69-70-36-22-56-50(66)42-10-16-48-46(38-42)52(3,4)54(60(48)28-34-68-54)20-18-40-7-13-44(14-8-40)58(25-31-63)26-32-64/h5-13,15-20,37-38,44,61-64H,14,21-36H2,1-4H3,(H,55,65)(H,56,66)/b19-17+,20-18+. The summed E-state index contributed by atoms with van der Waals surface area (Å²) in [5.74, 6) is 1.20. The maximum Gasteiger partial charge on any atom is 0.251 e. The molecule has 3 atom stereocenters. The second-order valence-corrected chi connectivity index (χ2v) is 22.0. The fourth-order valence-electron chi connectivity index (χ4n) is 10.9. The first kappa shape index (κ1) is 51.7. The number of nitrogens with zero attached hydrogens (tertiary/aromatic N) is 4. The molecule has 1 aliphatic carbocycles. The molecule has 0 radical (unpaired) electrons. The molecule has 3 unspecified atom stereocenters. The zero-order valence-electron chi connectivity index (χ0n) is 40.9. The number of allylic oxidation sites excluding steroid dienone is 3. The van der Waals surface area contributed by atoms with Gasteiger partial charge in [0, 0.05) is 109 Å². The van der Waals surface area contributed by atoms with Crippen molar-refractivity contribution in [3.63, 3.8) is 0 Å². The van der Waals surface area contributed by atoms with E-state index in [-0.39, 0.29) is 44.3 Å². The van der Waals surface area contributed by atoms with Gasteiger partial charge >= 0.3 is 0 Å². The average Bonchev–Trinajstić information content (AvgIpc) is 4.09. The summed E-state index contributed by atoms with van der Waals surface area (Å²) >= 11 is 0. The highest BCUT2D eigenvalue weighted by molar-refractivity contribution is 8.76. The molecule has 4 aliphatic heterocycles. The molecule has 16 heteroatoms. The Morgan fingerprint density at radius 2 is 1.20 bits per heavy atom. The van der Waals surface area contributed by atoms with Crippen LogP contribution in [0.15, 0.2) is 103 Å². The van der Waals surface area contributed by atoms with Crippen molar-refractivity contribution in [2.45, 2.75) is 62.4 Å². The minimum absolute atomic E-state index is 0.0103. The van der Waals surface area contributed by atoms with E-state index in [1.165, 1.54) is 0 Å². The number of ether oxygens (including phenoxy) is 2. The number of nitrogens with one attached hydrogen (secondary N) is 2. The summed E-state index contributed by atoms with van der Waals surface area (Å²) < 4.78 is 13.2. The topological polar surface area (TPSA) is 171 Å². The summed E-state index contributed by atoms with van der Waals surface area (Å²) in [6.45, 7) is 14.5. The van der Waals surface area contributed by atoms with Crippen LogP contribution in [0.5, 0.6) is 0 Å². The molecule has 4 heterocycles. The van der Waals surface area contributed by atoms with E-state index in [4.69, 9.17) is 9.47 Å². The highest BCUT2D eigenvalue weighted by Gasteiger charge is 2.60. The third-order valence-corrected chi connectivity index (χ3v) is 17.1. The zero-order chi connectivity index (χ0) is 49.5. The number of aliphatic hydroxyl groups excluding tert-OH is 4. The van der Waals surface area contributed by atoms with Gasteiger partial charge in [-0.15, -0.1) is 0 Å². The number of fused-ring (bicyclic) bond motifs is 6. The molecule has 0 bridgehead atoms. The molecule has 5 aliphatic rings. The van der Waals surface area contributed by atoms with Crippen molar-refractivity contribution in [1.82, 2.24) is 15.5 Å². The van der Waals surface area contributed by atoms with Crippen LogP contribution in [0.3, 0.4) is 0 Å². The molecule has 0 saturated carbocycles. The van der Waals surface area contributed by atoms with E-state index >= 15 is 0 Å². The van der Waals surface area contributed by atoms with E-state index in [0.29, 0.717) is 63.6 Å². The molecule has 2 saturated heterocycles. The first-order valence-corrected chi connectivity index (χ1v) is 27.1. The molecular weight excluding hydrogens is 925 g/mol. The van der Waals surface area contributed by atoms with Crippen LogP contribution in [0.1, 0.15) is 71.5 Å². The first-order valence-electron chi connectivity index (χ1n) is 24.6. The van der Waals surface area contributed by atoms with E-state index in [0.717, 1.165) is 70.3 Å². The molecule has 14 nitrogen and oxygen atoms in total. The van der Waals surface area contributed by atoms with Gasteiger partial charge in [0.1, 0.15) is 0 Å². The number of anilines is 3. The van der Waals surface area contributed by atoms with Gasteiger partial charge in [-0.05, 0) is 89.4 Å². The monoisotopic (exact) mass is 994 g/mol. The Kier molecular flexibility index (Phi) is 16.6. The molecule has 70 heavy (non-hydrogen) atoms. The van der Waals surface area contributed by atoms with Crippen LogP contribution in [0, 0.1) is 0 Å². The van der Waals surface area contributed by atoms with Crippen LogP contribution in [-0.4, -0.2) is 158 Å². The number of benzene rings is 3. The summed E-state index contributed by atoms with van der Waals surface area (Å²) in [4.78, 5) is 35.6. The number of carbonyl (C=O) groups is 2. The van der Waals surface area contributed by atoms with Gasteiger partial charge < -0.3 is 55.2 Å². The predicted molar refractivity (Wildman–Crippen MR) is 283 cm³/mol. The zero-order valence-corrected chi connectivity index (χ0v) is 42.6. The fourth-order valence-corrected chi connectivity index (χ4v) is 12.7. The van der Waals surface area contributed by atoms with Gasteiger partial charge in [0.05, 0.1) is 39.6 Å². The number of rotatable bonds is 23. The quantitative estimate of drug-likeness (QED) is 0.0522. The second-order valence-electron chi connectivity index (χ2n) is 19.3. The van der Waals surface area contributed by atoms with E-state index in [9.17, 15) is 30.0 Å². The minimum Gasteiger partial charge on any atom is -0.395 e. The van der Waals surface area contributed by atoms with Gasteiger partial charge in [0.2, 0.25) is 0 Å². The lowest BCUT2D eigenvalue weighted by atomic mass is 9.76. The molecular formula is C54H70N6O8S2. The minimum atomic E-state index is -0.714. The van der Waals surface area contributed by atoms with E-state index in [1.807, 2.05) is 65.6 Å². The second kappa shape index (κ2) is 22.4. The molecule has 6 N–H and O–H groups in total. The molecule has 0 aromatic heterocycles. The number of aliphatic hydroxyl groups is 4. The van der Waals surface area contributed by atoms with Crippen molar-refractivity contribution in [3.8, 4) is 0 Å². The Balaban J connectivity index is 0.790. The van der Waals surface area contributed by atoms with Crippen molar-refractivity contribution in [2.24, 2.45) is 0 Å². The van der Waals surface area contributed by atoms with Crippen LogP contribution in [0.4, 0.5) is 17.1 Å². The van der Waals surface area contributed by atoms with Crippen LogP contribution >= 0.6 is 21.6 Å². The number of hydrogen-bond donors (Lipinski definition) is 6. The lowest BCUT2D eigenvalue weighted by molar-refractivity contribution is -0.000349. The van der Waals surface area contributed by atoms with Crippen molar-refractivity contribution >= 4 is 56.5 Å². The fraction of sp³-hybridized carbons (Fsp3) is 0.481. The molecule has 2 amide bonds. The van der Waals surface area contributed by atoms with Gasteiger partial charge in [0.15, 0.2) is 11.4 Å². The largest absolute Gasteiger partial charge is 0.395 e. The van der Waals surface area contributed by atoms with Gasteiger partial charge in [-0.1, -0.05) is 91.8 Å². The maximum atomic E-state index is 13.4. The van der Waals surface area contributed by atoms with E-state index in [2.05, 4.69) is 95.6 Å². The first-order chi connectivity index (χ1) is 33.8. The Morgan fingerprint density at radius 1 is 0.700 bits per heavy atom. The van der Waals surface area contributed by atoms with Crippen LogP contribution < -0.4 is 25.3 Å². The van der Waals surface area contributed by atoms with E-state index < -0.39 is 22.3 Å². The van der Waals surface area contributed by atoms with Crippen LogP contribution in [0.2, 0.25) is 0 Å². The predicted octanol–water partition coefficient (Wildman–Crippen LogP) is 5.48. The van der Waals surface area contributed by atoms with Crippen molar-refractivity contribution < 1.29 is 39.5 Å². The Hall–Kier alpha value is -4.62. The van der Waals surface area contributed by atoms with Crippen LogP contribution in [0.25, 0.3) is 6.08 Å². The van der Waals surface area contributed by atoms with Gasteiger partial charge in [-0.2, -0.15) is 0 Å². The molecule has 376 valence electrons. The number of carbonyl (C=O) groups excluding carboxylic acids is 2. The Bertz CT molecular complexity index is 2450. The summed E-state index contributed by atoms with van der Waals surface area (Å²) in [7, 11) is 3.33. The molecule has 3 aromatic rings. The average molecular weight is 995 g/mol. The lowest BCUT2D eigenvalue weighted by Gasteiger charge is -2.40. The third kappa shape index (κ3) is 10.1. The van der Waals surface area contributed by atoms with Crippen molar-refractivity contribution in [2.75, 3.05) is 118 Å².